The van der Waals surface area contributed by atoms with Gasteiger partial charge in [0.25, 0.3) is 0 Å². The summed E-state index contributed by atoms with van der Waals surface area (Å²) in [7, 11) is 4.11. The molecule has 1 aromatic rings. The fraction of sp³-hybridized carbons (Fsp3) is 0.562. The van der Waals surface area contributed by atoms with E-state index in [4.69, 9.17) is 0 Å². The molecule has 0 saturated carbocycles. The Labute approximate surface area is 116 Å². The Kier molecular flexibility index (Phi) is 4.88. The topological polar surface area (TPSA) is 40.5 Å². The molecule has 1 unspecified atom stereocenters. The summed E-state index contributed by atoms with van der Waals surface area (Å²) < 4.78 is 0. The Bertz CT molecular complexity index is 419. The minimum Gasteiger partial charge on any atom is -0.382 e. The molecule has 1 atom stereocenters. The average Bonchev–Trinajstić information content (AvgIpc) is 2.27. The lowest BCUT2D eigenvalue weighted by Gasteiger charge is -2.28. The van der Waals surface area contributed by atoms with Crippen LogP contribution < -0.4 is 0 Å². The van der Waals surface area contributed by atoms with Crippen molar-refractivity contribution in [1.29, 1.82) is 0 Å². The summed E-state index contributed by atoms with van der Waals surface area (Å²) in [4.78, 5) is 14.1. The van der Waals surface area contributed by atoms with Crippen molar-refractivity contribution >= 4 is 5.78 Å². The van der Waals surface area contributed by atoms with E-state index in [2.05, 4.69) is 32.8 Å². The van der Waals surface area contributed by atoms with E-state index in [9.17, 15) is 9.90 Å². The highest BCUT2D eigenvalue weighted by molar-refractivity contribution is 6.01. The second kappa shape index (κ2) is 5.85. The molecule has 106 valence electrons. The molecule has 0 fully saturated rings. The SMILES string of the molecule is CC(C)C(c1ccc(C(=O)C(C)(C)O)cc1)N(C)C. The molecule has 0 radical (unpaired) electrons. The van der Waals surface area contributed by atoms with Crippen molar-refractivity contribution in [3.63, 3.8) is 0 Å². The maximum atomic E-state index is 12.0. The van der Waals surface area contributed by atoms with E-state index in [0.29, 0.717) is 17.5 Å². The normalized spacial score (nSPS) is 13.9. The van der Waals surface area contributed by atoms with Gasteiger partial charge in [0.05, 0.1) is 0 Å². The Hall–Kier alpha value is -1.19. The first-order valence-corrected chi connectivity index (χ1v) is 6.68. The Balaban J connectivity index is 3.02. The van der Waals surface area contributed by atoms with Crippen molar-refractivity contribution in [2.24, 2.45) is 5.92 Å². The van der Waals surface area contributed by atoms with Gasteiger partial charge in [0.2, 0.25) is 0 Å². The van der Waals surface area contributed by atoms with Gasteiger partial charge in [-0.1, -0.05) is 38.1 Å². The molecule has 0 bridgehead atoms. The van der Waals surface area contributed by atoms with Crippen LogP contribution in [-0.2, 0) is 0 Å². The van der Waals surface area contributed by atoms with Gasteiger partial charge < -0.3 is 10.0 Å². The third-order valence-corrected chi connectivity index (χ3v) is 3.26. The minimum atomic E-state index is -1.32. The number of ketones is 1. The average molecular weight is 263 g/mol. The summed E-state index contributed by atoms with van der Waals surface area (Å²) in [6.07, 6.45) is 0. The third kappa shape index (κ3) is 3.88. The number of nitrogens with zero attached hydrogens (tertiary/aromatic N) is 1. The molecule has 0 aliphatic carbocycles. The zero-order valence-corrected chi connectivity index (χ0v) is 12.8. The Morgan fingerprint density at radius 2 is 1.63 bits per heavy atom. The number of hydrogen-bond donors (Lipinski definition) is 1. The standard InChI is InChI=1S/C16H25NO2/c1-11(2)14(17(5)6)12-7-9-13(10-8-12)15(18)16(3,4)19/h7-11,14,19H,1-6H3. The third-order valence-electron chi connectivity index (χ3n) is 3.26. The predicted molar refractivity (Wildman–Crippen MR) is 78.3 cm³/mol. The lowest BCUT2D eigenvalue weighted by molar-refractivity contribution is 0.0488. The van der Waals surface area contributed by atoms with Crippen molar-refractivity contribution in [3.8, 4) is 0 Å². The molecular formula is C16H25NO2. The largest absolute Gasteiger partial charge is 0.382 e. The highest BCUT2D eigenvalue weighted by atomic mass is 16.3. The molecule has 3 nitrogen and oxygen atoms in total. The number of carbonyl (C=O) groups excluding carboxylic acids is 1. The molecule has 19 heavy (non-hydrogen) atoms. The van der Waals surface area contributed by atoms with E-state index in [1.54, 1.807) is 12.1 Å². The Morgan fingerprint density at radius 3 is 1.95 bits per heavy atom. The van der Waals surface area contributed by atoms with Crippen LogP contribution in [0.5, 0.6) is 0 Å². The van der Waals surface area contributed by atoms with Gasteiger partial charge in [-0.25, -0.2) is 0 Å². The van der Waals surface area contributed by atoms with E-state index < -0.39 is 5.60 Å². The zero-order valence-electron chi connectivity index (χ0n) is 12.8. The summed E-state index contributed by atoms with van der Waals surface area (Å²) in [5, 5.41) is 9.74. The summed E-state index contributed by atoms with van der Waals surface area (Å²) in [6, 6.07) is 7.88. The van der Waals surface area contributed by atoms with Gasteiger partial charge in [-0.2, -0.15) is 0 Å². The first-order chi connectivity index (χ1) is 8.64. The van der Waals surface area contributed by atoms with E-state index in [1.807, 2.05) is 12.1 Å². The highest BCUT2D eigenvalue weighted by Gasteiger charge is 2.25. The smallest absolute Gasteiger partial charge is 0.193 e. The van der Waals surface area contributed by atoms with Crippen molar-refractivity contribution in [2.75, 3.05) is 14.1 Å². The first-order valence-electron chi connectivity index (χ1n) is 6.68. The molecule has 3 heteroatoms. The maximum Gasteiger partial charge on any atom is 0.193 e. The fourth-order valence-electron chi connectivity index (χ4n) is 2.46. The summed E-state index contributed by atoms with van der Waals surface area (Å²) in [5.41, 5.74) is 0.422. The number of hydrogen-bond acceptors (Lipinski definition) is 3. The summed E-state index contributed by atoms with van der Waals surface area (Å²) >= 11 is 0. The molecule has 0 amide bonds. The van der Waals surface area contributed by atoms with E-state index >= 15 is 0 Å². The molecule has 0 aliphatic heterocycles. The van der Waals surface area contributed by atoms with Gasteiger partial charge in [-0.05, 0) is 39.4 Å². The molecule has 1 aromatic carbocycles. The molecule has 1 N–H and O–H groups in total. The van der Waals surface area contributed by atoms with E-state index in [1.165, 1.54) is 19.4 Å². The van der Waals surface area contributed by atoms with Crippen LogP contribution in [-0.4, -0.2) is 35.5 Å². The first kappa shape index (κ1) is 15.9. The molecule has 0 heterocycles. The van der Waals surface area contributed by atoms with Gasteiger partial charge >= 0.3 is 0 Å². The highest BCUT2D eigenvalue weighted by Crippen LogP contribution is 2.27. The molecule has 1 rings (SSSR count). The van der Waals surface area contributed by atoms with E-state index in [-0.39, 0.29) is 5.78 Å². The monoisotopic (exact) mass is 263 g/mol. The van der Waals surface area contributed by atoms with Crippen LogP contribution in [0.15, 0.2) is 24.3 Å². The van der Waals surface area contributed by atoms with Crippen molar-refractivity contribution in [2.45, 2.75) is 39.3 Å². The van der Waals surface area contributed by atoms with Crippen LogP contribution in [0, 0.1) is 5.92 Å². The number of aliphatic hydroxyl groups is 1. The number of Topliss-reactive ketones (excluding diaryl/α,β-unsaturated/α-hetero) is 1. The predicted octanol–water partition coefficient (Wildman–Crippen LogP) is 2.90. The molecule has 0 aliphatic rings. The van der Waals surface area contributed by atoms with Crippen LogP contribution >= 0.6 is 0 Å². The number of rotatable bonds is 5. The lowest BCUT2D eigenvalue weighted by atomic mass is 9.91. The summed E-state index contributed by atoms with van der Waals surface area (Å²) in [5.74, 6) is 0.246. The minimum absolute atomic E-state index is 0.245. The van der Waals surface area contributed by atoms with Crippen LogP contribution in [0.25, 0.3) is 0 Å². The second-order valence-corrected chi connectivity index (χ2v) is 6.16. The van der Waals surface area contributed by atoms with Crippen LogP contribution in [0.2, 0.25) is 0 Å². The molecule has 0 saturated heterocycles. The van der Waals surface area contributed by atoms with Gasteiger partial charge in [-0.15, -0.1) is 0 Å². The van der Waals surface area contributed by atoms with E-state index in [0.717, 1.165) is 0 Å². The van der Waals surface area contributed by atoms with Gasteiger partial charge in [0.1, 0.15) is 5.60 Å². The molecule has 0 spiro atoms. The van der Waals surface area contributed by atoms with Gasteiger partial charge in [0.15, 0.2) is 5.78 Å². The molecule has 0 aromatic heterocycles. The van der Waals surface area contributed by atoms with Crippen molar-refractivity contribution < 1.29 is 9.90 Å². The van der Waals surface area contributed by atoms with Crippen LogP contribution in [0.4, 0.5) is 0 Å². The van der Waals surface area contributed by atoms with Crippen LogP contribution in [0.3, 0.4) is 0 Å². The van der Waals surface area contributed by atoms with Crippen molar-refractivity contribution in [3.05, 3.63) is 35.4 Å². The summed E-state index contributed by atoms with van der Waals surface area (Å²) in [6.45, 7) is 7.39. The van der Waals surface area contributed by atoms with Crippen molar-refractivity contribution in [1.82, 2.24) is 4.90 Å². The van der Waals surface area contributed by atoms with Gasteiger partial charge in [-0.3, -0.25) is 4.79 Å². The maximum absolute atomic E-state index is 12.0. The number of benzene rings is 1. The zero-order chi connectivity index (χ0) is 14.8. The lowest BCUT2D eigenvalue weighted by Crippen LogP contribution is -2.31. The van der Waals surface area contributed by atoms with Crippen LogP contribution in [0.1, 0.15) is 49.7 Å². The van der Waals surface area contributed by atoms with Gasteiger partial charge in [0, 0.05) is 11.6 Å². The molecular weight excluding hydrogens is 238 g/mol. The fourth-order valence-corrected chi connectivity index (χ4v) is 2.46. The second-order valence-electron chi connectivity index (χ2n) is 6.16. The Morgan fingerprint density at radius 1 is 1.16 bits per heavy atom. The quantitative estimate of drug-likeness (QED) is 0.830. The number of carbonyl (C=O) groups is 1.